The summed E-state index contributed by atoms with van der Waals surface area (Å²) in [6.45, 7) is 0. The second-order valence-corrected chi connectivity index (χ2v) is 11.6. The van der Waals surface area contributed by atoms with Crippen LogP contribution in [-0.4, -0.2) is 44.4 Å². The van der Waals surface area contributed by atoms with Crippen LogP contribution in [0, 0.1) is 5.82 Å². The van der Waals surface area contributed by atoms with Crippen LogP contribution >= 0.6 is 11.6 Å². The Morgan fingerprint density at radius 2 is 1.61 bits per heavy atom. The number of nitrogens with one attached hydrogen (secondary N) is 1. The highest BCUT2D eigenvalue weighted by Gasteiger charge is 2.23. The van der Waals surface area contributed by atoms with Gasteiger partial charge in [0.2, 0.25) is 10.0 Å². The summed E-state index contributed by atoms with van der Waals surface area (Å²) in [7, 11) is -5.06. The first-order valence-corrected chi connectivity index (χ1v) is 12.7. The van der Waals surface area contributed by atoms with E-state index >= 15 is 0 Å². The van der Waals surface area contributed by atoms with E-state index in [1.54, 1.807) is 18.2 Å². The predicted molar refractivity (Wildman–Crippen MR) is 124 cm³/mol. The van der Waals surface area contributed by atoms with Gasteiger partial charge in [-0.25, -0.2) is 17.1 Å². The molecule has 12 heteroatoms. The third-order valence-electron chi connectivity index (χ3n) is 4.91. The molecule has 0 amide bonds. The van der Waals surface area contributed by atoms with E-state index in [-0.39, 0.29) is 26.0 Å². The van der Waals surface area contributed by atoms with Gasteiger partial charge in [0.05, 0.1) is 27.2 Å². The lowest BCUT2D eigenvalue weighted by Gasteiger charge is -2.12. The van der Waals surface area contributed by atoms with Crippen LogP contribution in [-0.2, 0) is 20.0 Å². The van der Waals surface area contributed by atoms with Gasteiger partial charge in [-0.2, -0.15) is 17.6 Å². The van der Waals surface area contributed by atoms with Gasteiger partial charge in [0, 0.05) is 30.2 Å². The second-order valence-electron chi connectivity index (χ2n) is 7.24. The molecule has 172 valence electrons. The Morgan fingerprint density at radius 1 is 0.939 bits per heavy atom. The van der Waals surface area contributed by atoms with Gasteiger partial charge in [-0.05, 0) is 54.6 Å². The molecule has 33 heavy (non-hydrogen) atoms. The fourth-order valence-corrected chi connectivity index (χ4v) is 5.49. The summed E-state index contributed by atoms with van der Waals surface area (Å²) < 4.78 is 67.0. The van der Waals surface area contributed by atoms with Gasteiger partial charge in [-0.15, -0.1) is 0 Å². The number of rotatable bonds is 6. The quantitative estimate of drug-likeness (QED) is 0.421. The van der Waals surface area contributed by atoms with Crippen molar-refractivity contribution < 1.29 is 21.2 Å². The number of halogens is 2. The highest BCUT2D eigenvalue weighted by molar-refractivity contribution is 7.90. The molecule has 4 rings (SSSR count). The molecule has 0 saturated carbocycles. The lowest BCUT2D eigenvalue weighted by Crippen LogP contribution is -2.22. The van der Waals surface area contributed by atoms with Gasteiger partial charge >= 0.3 is 0 Å². The summed E-state index contributed by atoms with van der Waals surface area (Å²) in [6.07, 6.45) is 1.36. The SMILES string of the molecule is CN(C)S(=O)(=O)c1ccc(S(=O)(=O)n2ncc3c(Nc4ccc(Cl)cc4F)cccc32)cc1. The highest BCUT2D eigenvalue weighted by atomic mass is 35.5. The van der Waals surface area contributed by atoms with E-state index in [4.69, 9.17) is 11.6 Å². The monoisotopic (exact) mass is 508 g/mol. The van der Waals surface area contributed by atoms with E-state index < -0.39 is 25.9 Å². The predicted octanol–water partition coefficient (Wildman–Crippen LogP) is 4.06. The molecule has 0 bridgehead atoms. The fourth-order valence-electron chi connectivity index (χ4n) is 3.16. The Balaban J connectivity index is 1.74. The van der Waals surface area contributed by atoms with E-state index in [2.05, 4.69) is 10.4 Å². The summed E-state index contributed by atoms with van der Waals surface area (Å²) in [5.41, 5.74) is 0.877. The number of hydrogen-bond donors (Lipinski definition) is 1. The van der Waals surface area contributed by atoms with Crippen molar-refractivity contribution in [2.75, 3.05) is 19.4 Å². The van der Waals surface area contributed by atoms with Crippen molar-refractivity contribution in [3.63, 3.8) is 0 Å². The number of aromatic nitrogens is 2. The lowest BCUT2D eigenvalue weighted by molar-refractivity contribution is 0.520. The minimum atomic E-state index is -4.13. The van der Waals surface area contributed by atoms with E-state index in [1.807, 2.05) is 0 Å². The summed E-state index contributed by atoms with van der Waals surface area (Å²) in [5, 5.41) is 7.65. The summed E-state index contributed by atoms with van der Waals surface area (Å²) in [6, 6.07) is 13.9. The first kappa shape index (κ1) is 23.2. The maximum atomic E-state index is 14.2. The van der Waals surface area contributed by atoms with Crippen molar-refractivity contribution in [3.05, 3.63) is 77.7 Å². The van der Waals surface area contributed by atoms with Crippen molar-refractivity contribution in [3.8, 4) is 0 Å². The van der Waals surface area contributed by atoms with Crippen molar-refractivity contribution >= 4 is 53.9 Å². The van der Waals surface area contributed by atoms with E-state index in [9.17, 15) is 21.2 Å². The molecule has 0 spiro atoms. The number of anilines is 2. The Kier molecular flexibility index (Phi) is 5.91. The first-order chi connectivity index (χ1) is 15.5. The summed E-state index contributed by atoms with van der Waals surface area (Å²) in [5.74, 6) is -0.563. The zero-order valence-corrected chi connectivity index (χ0v) is 19.8. The normalized spacial score (nSPS) is 12.4. The minimum Gasteiger partial charge on any atom is -0.353 e. The lowest BCUT2D eigenvalue weighted by atomic mass is 10.2. The van der Waals surface area contributed by atoms with Gasteiger partial charge in [0.25, 0.3) is 10.0 Å². The molecule has 0 aliphatic rings. The fraction of sp³-hybridized carbons (Fsp3) is 0.0952. The van der Waals surface area contributed by atoms with Crippen LogP contribution in [0.25, 0.3) is 10.9 Å². The van der Waals surface area contributed by atoms with E-state index in [1.165, 1.54) is 56.7 Å². The van der Waals surface area contributed by atoms with Crippen LogP contribution in [0.5, 0.6) is 0 Å². The molecular weight excluding hydrogens is 491 g/mol. The van der Waals surface area contributed by atoms with E-state index in [0.29, 0.717) is 11.1 Å². The minimum absolute atomic E-state index is 0.0340. The van der Waals surface area contributed by atoms with Crippen molar-refractivity contribution in [1.82, 2.24) is 13.5 Å². The van der Waals surface area contributed by atoms with Gasteiger partial charge in [0.1, 0.15) is 5.82 Å². The Morgan fingerprint density at radius 3 is 2.24 bits per heavy atom. The molecule has 8 nitrogen and oxygen atoms in total. The van der Waals surface area contributed by atoms with Crippen molar-refractivity contribution in [2.45, 2.75) is 9.79 Å². The highest BCUT2D eigenvalue weighted by Crippen LogP contribution is 2.30. The summed E-state index contributed by atoms with van der Waals surface area (Å²) >= 11 is 5.79. The van der Waals surface area contributed by atoms with Crippen LogP contribution in [0.4, 0.5) is 15.8 Å². The van der Waals surface area contributed by atoms with E-state index in [0.717, 1.165) is 14.5 Å². The van der Waals surface area contributed by atoms with Gasteiger partial charge in [-0.3, -0.25) is 0 Å². The number of fused-ring (bicyclic) bond motifs is 1. The zero-order chi connectivity index (χ0) is 24.0. The maximum absolute atomic E-state index is 14.2. The molecule has 0 fully saturated rings. The molecule has 1 N–H and O–H groups in total. The average molecular weight is 509 g/mol. The standard InChI is InChI=1S/C21H18ClFN4O4S2/c1-26(2)32(28,29)15-7-9-16(10-8-15)33(30,31)27-21-5-3-4-19(17(21)13-24-27)25-20-11-6-14(22)12-18(20)23/h3-13,25H,1-2H3. The number of hydrogen-bond acceptors (Lipinski definition) is 6. The molecule has 0 aliphatic carbocycles. The molecule has 3 aromatic carbocycles. The van der Waals surface area contributed by atoms with Gasteiger partial charge in [0.15, 0.2) is 0 Å². The molecule has 1 heterocycles. The number of benzene rings is 3. The van der Waals surface area contributed by atoms with Gasteiger partial charge < -0.3 is 5.32 Å². The van der Waals surface area contributed by atoms with Crippen LogP contribution in [0.2, 0.25) is 5.02 Å². The second kappa shape index (κ2) is 8.41. The molecule has 0 unspecified atom stereocenters. The molecule has 0 aliphatic heterocycles. The first-order valence-electron chi connectivity index (χ1n) is 9.49. The zero-order valence-electron chi connectivity index (χ0n) is 17.4. The van der Waals surface area contributed by atoms with Crippen LogP contribution < -0.4 is 5.32 Å². The molecule has 0 saturated heterocycles. The third kappa shape index (κ3) is 4.20. The number of nitrogens with zero attached hydrogens (tertiary/aromatic N) is 3. The molecule has 1 aromatic heterocycles. The molecule has 4 aromatic rings. The maximum Gasteiger partial charge on any atom is 0.283 e. The summed E-state index contributed by atoms with van der Waals surface area (Å²) in [4.78, 5) is -0.166. The molecule has 0 atom stereocenters. The number of sulfonamides is 1. The van der Waals surface area contributed by atoms with Crippen LogP contribution in [0.15, 0.2) is 76.7 Å². The Labute approximate surface area is 195 Å². The van der Waals surface area contributed by atoms with Crippen molar-refractivity contribution in [1.29, 1.82) is 0 Å². The molecule has 0 radical (unpaired) electrons. The third-order valence-corrected chi connectivity index (χ3v) is 8.59. The molecular formula is C21H18ClFN4O4S2. The van der Waals surface area contributed by atoms with Crippen LogP contribution in [0.3, 0.4) is 0 Å². The van der Waals surface area contributed by atoms with Gasteiger partial charge in [-0.1, -0.05) is 17.7 Å². The Bertz CT molecular complexity index is 1570. The smallest absolute Gasteiger partial charge is 0.283 e. The van der Waals surface area contributed by atoms with Crippen LogP contribution in [0.1, 0.15) is 0 Å². The van der Waals surface area contributed by atoms with Crippen molar-refractivity contribution in [2.24, 2.45) is 0 Å². The average Bonchev–Trinajstić information content (AvgIpc) is 3.21. The Hall–Kier alpha value is -2.99. The topological polar surface area (TPSA) is 101 Å². The largest absolute Gasteiger partial charge is 0.353 e.